The van der Waals surface area contributed by atoms with Crippen molar-refractivity contribution >= 4 is 11.8 Å². The lowest BCUT2D eigenvalue weighted by molar-refractivity contribution is 0.413. The van der Waals surface area contributed by atoms with Crippen molar-refractivity contribution in [3.63, 3.8) is 0 Å². The lowest BCUT2D eigenvalue weighted by atomic mass is 9.97. The lowest BCUT2D eigenvalue weighted by Crippen LogP contribution is -1.96. The molecule has 0 N–H and O–H groups in total. The smallest absolute Gasteiger partial charge is 0.126 e. The molecule has 0 aliphatic carbocycles. The molecule has 1 rings (SSSR count). The fraction of sp³-hybridized carbons (Fsp3) is 0.312. The van der Waals surface area contributed by atoms with E-state index in [0.29, 0.717) is 0 Å². The molecule has 0 atom stereocenters. The third-order valence-corrected chi connectivity index (χ3v) is 2.72. The molecule has 1 aromatic rings. The quantitative estimate of drug-likeness (QED) is 0.562. The minimum absolute atomic E-state index is 0.792. The van der Waals surface area contributed by atoms with Gasteiger partial charge < -0.3 is 4.74 Å². The Morgan fingerprint density at radius 2 is 1.94 bits per heavy atom. The third-order valence-electron chi connectivity index (χ3n) is 2.72. The highest BCUT2D eigenvalue weighted by molar-refractivity contribution is 6.01. The molecule has 2 nitrogen and oxygen atoms in total. The maximum absolute atomic E-state index is 5.41. The van der Waals surface area contributed by atoms with Crippen LogP contribution in [-0.2, 0) is 0 Å². The second-order valence-electron chi connectivity index (χ2n) is 3.77. The lowest BCUT2D eigenvalue weighted by Gasteiger charge is -2.12. The fourth-order valence-electron chi connectivity index (χ4n) is 1.83. The van der Waals surface area contributed by atoms with Gasteiger partial charge in [0.1, 0.15) is 5.75 Å². The number of hydrogen-bond acceptors (Lipinski definition) is 2. The first-order valence-corrected chi connectivity index (χ1v) is 6.24. The summed E-state index contributed by atoms with van der Waals surface area (Å²) in [4.78, 5) is 4.32. The summed E-state index contributed by atoms with van der Waals surface area (Å²) in [6.07, 6.45) is 6.08. The van der Waals surface area contributed by atoms with Gasteiger partial charge >= 0.3 is 0 Å². The zero-order valence-corrected chi connectivity index (χ0v) is 11.6. The molecule has 0 spiro atoms. The highest BCUT2D eigenvalue weighted by atomic mass is 16.5. The van der Waals surface area contributed by atoms with E-state index < -0.39 is 0 Å². The number of nitrogens with zero attached hydrogens (tertiary/aromatic N) is 1. The van der Waals surface area contributed by atoms with E-state index in [2.05, 4.69) is 23.2 Å². The first kappa shape index (κ1) is 14.2. The van der Waals surface area contributed by atoms with Gasteiger partial charge in [0, 0.05) is 18.3 Å². The largest absolute Gasteiger partial charge is 0.496 e. The highest BCUT2D eigenvalue weighted by Gasteiger charge is 2.09. The van der Waals surface area contributed by atoms with Crippen LogP contribution in [-0.4, -0.2) is 19.9 Å². The minimum atomic E-state index is 0.792. The first-order chi connectivity index (χ1) is 8.78. The Labute approximate surface area is 110 Å². The predicted octanol–water partition coefficient (Wildman–Crippen LogP) is 4.14. The first-order valence-electron chi connectivity index (χ1n) is 6.24. The fourth-order valence-corrected chi connectivity index (χ4v) is 1.83. The van der Waals surface area contributed by atoms with Crippen molar-refractivity contribution in [1.82, 2.24) is 0 Å². The van der Waals surface area contributed by atoms with Gasteiger partial charge in [-0.05, 0) is 38.0 Å². The minimum Gasteiger partial charge on any atom is -0.496 e. The van der Waals surface area contributed by atoms with Gasteiger partial charge in [0.15, 0.2) is 0 Å². The number of ether oxygens (including phenoxy) is 1. The van der Waals surface area contributed by atoms with Crippen LogP contribution >= 0.6 is 0 Å². The third kappa shape index (κ3) is 3.33. The van der Waals surface area contributed by atoms with Crippen LogP contribution in [0.15, 0.2) is 47.0 Å². The molecule has 18 heavy (non-hydrogen) atoms. The molecule has 0 aliphatic rings. The zero-order chi connectivity index (χ0) is 13.4. The van der Waals surface area contributed by atoms with Crippen LogP contribution in [0.5, 0.6) is 5.75 Å². The van der Waals surface area contributed by atoms with Gasteiger partial charge in [0.25, 0.3) is 0 Å². The number of para-hydroxylation sites is 1. The van der Waals surface area contributed by atoms with Gasteiger partial charge in [-0.2, -0.15) is 0 Å². The Kier molecular flexibility index (Phi) is 5.92. The summed E-state index contributed by atoms with van der Waals surface area (Å²) in [5.74, 6) is 0.884. The summed E-state index contributed by atoms with van der Waals surface area (Å²) in [6.45, 7) is 6.88. The molecule has 0 saturated carbocycles. The van der Waals surface area contributed by atoms with Gasteiger partial charge in [-0.3, -0.25) is 4.99 Å². The summed E-state index contributed by atoms with van der Waals surface area (Å²) in [7, 11) is 1.70. The van der Waals surface area contributed by atoms with Gasteiger partial charge in [-0.1, -0.05) is 30.4 Å². The Bertz CT molecular complexity index is 470. The zero-order valence-electron chi connectivity index (χ0n) is 11.6. The Morgan fingerprint density at radius 3 is 2.50 bits per heavy atom. The Balaban J connectivity index is 3.22. The maximum atomic E-state index is 5.41. The van der Waals surface area contributed by atoms with Crippen LogP contribution in [0.25, 0.3) is 5.57 Å². The van der Waals surface area contributed by atoms with E-state index in [1.807, 2.05) is 45.2 Å². The second kappa shape index (κ2) is 7.49. The number of allylic oxidation sites excluding steroid dienone is 4. The number of aliphatic imine (C=N–C) groups is 1. The molecule has 0 bridgehead atoms. The van der Waals surface area contributed by atoms with Gasteiger partial charge in [0.2, 0.25) is 0 Å². The van der Waals surface area contributed by atoms with Gasteiger partial charge in [-0.15, -0.1) is 0 Å². The van der Waals surface area contributed by atoms with Crippen LogP contribution < -0.4 is 4.74 Å². The van der Waals surface area contributed by atoms with Gasteiger partial charge in [0.05, 0.1) is 7.11 Å². The number of hydrogen-bond donors (Lipinski definition) is 0. The van der Waals surface area contributed by atoms with E-state index in [1.165, 1.54) is 0 Å². The van der Waals surface area contributed by atoms with Crippen molar-refractivity contribution in [2.45, 2.75) is 20.8 Å². The molecule has 0 amide bonds. The van der Waals surface area contributed by atoms with Crippen molar-refractivity contribution in [2.24, 2.45) is 4.99 Å². The number of rotatable bonds is 5. The van der Waals surface area contributed by atoms with E-state index in [4.69, 9.17) is 4.74 Å². The average Bonchev–Trinajstić information content (AvgIpc) is 2.43. The van der Waals surface area contributed by atoms with E-state index in [9.17, 15) is 0 Å². The average molecular weight is 243 g/mol. The molecule has 2 heteroatoms. The summed E-state index contributed by atoms with van der Waals surface area (Å²) < 4.78 is 5.41. The molecule has 0 heterocycles. The summed E-state index contributed by atoms with van der Waals surface area (Å²) in [6, 6.07) is 8.04. The van der Waals surface area contributed by atoms with Crippen LogP contribution in [0.4, 0.5) is 0 Å². The van der Waals surface area contributed by atoms with E-state index in [1.54, 1.807) is 7.11 Å². The van der Waals surface area contributed by atoms with Crippen LogP contribution in [0.2, 0.25) is 0 Å². The van der Waals surface area contributed by atoms with E-state index >= 15 is 0 Å². The Hall–Kier alpha value is -1.83. The maximum Gasteiger partial charge on any atom is 0.126 e. The molecule has 0 saturated heterocycles. The molecule has 96 valence electrons. The van der Waals surface area contributed by atoms with Crippen LogP contribution in [0, 0.1) is 0 Å². The van der Waals surface area contributed by atoms with Crippen LogP contribution in [0.1, 0.15) is 26.3 Å². The summed E-state index contributed by atoms with van der Waals surface area (Å²) in [5, 5.41) is 0. The molecule has 0 aromatic heterocycles. The van der Waals surface area contributed by atoms with Crippen molar-refractivity contribution in [2.75, 3.05) is 13.7 Å². The molecule has 0 radical (unpaired) electrons. The van der Waals surface area contributed by atoms with E-state index in [0.717, 1.165) is 29.0 Å². The van der Waals surface area contributed by atoms with Gasteiger partial charge in [-0.25, -0.2) is 0 Å². The Morgan fingerprint density at radius 1 is 1.22 bits per heavy atom. The normalized spacial score (nSPS) is 13.1. The topological polar surface area (TPSA) is 21.6 Å². The molecule has 1 aromatic carbocycles. The molecular formula is C16H21NO. The van der Waals surface area contributed by atoms with Crippen LogP contribution in [0.3, 0.4) is 0 Å². The second-order valence-corrected chi connectivity index (χ2v) is 3.77. The van der Waals surface area contributed by atoms with Crippen molar-refractivity contribution in [3.8, 4) is 5.75 Å². The van der Waals surface area contributed by atoms with Crippen molar-refractivity contribution < 1.29 is 4.74 Å². The van der Waals surface area contributed by atoms with Crippen molar-refractivity contribution in [1.29, 1.82) is 0 Å². The molecule has 0 fully saturated rings. The summed E-state index contributed by atoms with van der Waals surface area (Å²) >= 11 is 0. The highest BCUT2D eigenvalue weighted by Crippen LogP contribution is 2.30. The standard InChI is InChI=1S/C16H21NO/c1-5-13(12-17-7-3)14(6-2)15-10-8-9-11-16(15)18-4/h5-6,8-12H,7H2,1-4H3/b13-5-,14-6+,17-12?. The molecule has 0 aliphatic heterocycles. The summed E-state index contributed by atoms with van der Waals surface area (Å²) in [5.41, 5.74) is 3.36. The predicted molar refractivity (Wildman–Crippen MR) is 79.4 cm³/mol. The van der Waals surface area contributed by atoms with Crippen molar-refractivity contribution in [3.05, 3.63) is 47.6 Å². The number of benzene rings is 1. The molecular weight excluding hydrogens is 222 g/mol. The van der Waals surface area contributed by atoms with E-state index in [-0.39, 0.29) is 0 Å². The number of methoxy groups -OCH3 is 1. The monoisotopic (exact) mass is 243 g/mol. The molecule has 0 unspecified atom stereocenters. The SMILES string of the molecule is C/C=C(C=NCC)\C(=C/C)c1ccccc1OC.